The van der Waals surface area contributed by atoms with Gasteiger partial charge >= 0.3 is 6.18 Å². The summed E-state index contributed by atoms with van der Waals surface area (Å²) in [4.78, 5) is 12.8. The lowest BCUT2D eigenvalue weighted by Gasteiger charge is -2.23. The maximum atomic E-state index is 12.5. The molecule has 0 unspecified atom stereocenters. The van der Waals surface area contributed by atoms with Gasteiger partial charge in [0.05, 0.1) is 6.61 Å². The number of aliphatic hydroxyl groups is 1. The maximum absolute atomic E-state index is 12.5. The van der Waals surface area contributed by atoms with Crippen LogP contribution in [0.3, 0.4) is 0 Å². The molecule has 0 aliphatic carbocycles. The molecule has 2 aromatic carbocycles. The highest BCUT2D eigenvalue weighted by Crippen LogP contribution is 2.20. The van der Waals surface area contributed by atoms with Crippen molar-refractivity contribution in [1.29, 1.82) is 0 Å². The third-order valence-corrected chi connectivity index (χ3v) is 3.02. The molecule has 0 saturated carbocycles. The summed E-state index contributed by atoms with van der Waals surface area (Å²) in [6.07, 6.45) is -4.50. The monoisotopic (exact) mass is 297 g/mol. The minimum atomic E-state index is -4.50. The number of hydrogen-bond donors (Lipinski definition) is 1. The van der Waals surface area contributed by atoms with Crippen molar-refractivity contribution in [2.45, 2.75) is 6.18 Å². The van der Waals surface area contributed by atoms with Gasteiger partial charge in [0.1, 0.15) is 6.54 Å². The molecule has 6 heteroatoms. The Bertz CT molecular complexity index is 640. The van der Waals surface area contributed by atoms with E-state index >= 15 is 0 Å². The van der Waals surface area contributed by atoms with E-state index in [-0.39, 0.29) is 12.1 Å². The molecular weight excluding hydrogens is 283 g/mol. The first-order chi connectivity index (χ1) is 9.90. The molecule has 2 aromatic rings. The fourth-order valence-electron chi connectivity index (χ4n) is 2.09. The number of hydrogen-bond acceptors (Lipinski definition) is 2. The second kappa shape index (κ2) is 6.13. The van der Waals surface area contributed by atoms with Gasteiger partial charge in [-0.15, -0.1) is 0 Å². The summed E-state index contributed by atoms with van der Waals surface area (Å²) in [6, 6.07) is 12.0. The number of carbonyl (C=O) groups excluding carboxylic acids is 1. The van der Waals surface area contributed by atoms with Gasteiger partial charge in [-0.1, -0.05) is 30.3 Å². The van der Waals surface area contributed by atoms with E-state index in [1.807, 2.05) is 12.1 Å². The number of alkyl halides is 3. The molecule has 0 aliphatic rings. The van der Waals surface area contributed by atoms with Gasteiger partial charge in [-0.3, -0.25) is 4.79 Å². The zero-order valence-electron chi connectivity index (χ0n) is 11.1. The molecule has 0 aromatic heterocycles. The van der Waals surface area contributed by atoms with E-state index in [0.717, 1.165) is 10.8 Å². The molecule has 112 valence electrons. The molecule has 0 radical (unpaired) electrons. The number of benzene rings is 2. The first-order valence-corrected chi connectivity index (χ1v) is 6.36. The van der Waals surface area contributed by atoms with Crippen LogP contribution in [-0.2, 0) is 0 Å². The van der Waals surface area contributed by atoms with Gasteiger partial charge in [0.15, 0.2) is 0 Å². The van der Waals surface area contributed by atoms with E-state index in [4.69, 9.17) is 5.11 Å². The lowest BCUT2D eigenvalue weighted by molar-refractivity contribution is -0.141. The van der Waals surface area contributed by atoms with E-state index in [9.17, 15) is 18.0 Å². The van der Waals surface area contributed by atoms with Gasteiger partial charge < -0.3 is 10.0 Å². The highest BCUT2D eigenvalue weighted by Gasteiger charge is 2.33. The third-order valence-electron chi connectivity index (χ3n) is 3.02. The minimum absolute atomic E-state index is 0.173. The van der Waals surface area contributed by atoms with Crippen LogP contribution in [0.1, 0.15) is 10.4 Å². The number of nitrogens with zero attached hydrogens (tertiary/aromatic N) is 1. The van der Waals surface area contributed by atoms with Crippen molar-refractivity contribution in [2.75, 3.05) is 19.7 Å². The molecule has 3 nitrogen and oxygen atoms in total. The Morgan fingerprint density at radius 2 is 1.76 bits per heavy atom. The van der Waals surface area contributed by atoms with Gasteiger partial charge in [0, 0.05) is 12.1 Å². The molecule has 0 bridgehead atoms. The summed E-state index contributed by atoms with van der Waals surface area (Å²) < 4.78 is 37.4. The van der Waals surface area contributed by atoms with Gasteiger partial charge in [-0.25, -0.2) is 0 Å². The molecule has 0 heterocycles. The maximum Gasteiger partial charge on any atom is 0.406 e. The topological polar surface area (TPSA) is 40.5 Å². The van der Waals surface area contributed by atoms with E-state index in [0.29, 0.717) is 4.90 Å². The Labute approximate surface area is 119 Å². The summed E-state index contributed by atoms with van der Waals surface area (Å²) in [5, 5.41) is 10.5. The Kier molecular flexibility index (Phi) is 4.47. The van der Waals surface area contributed by atoms with Crippen LogP contribution < -0.4 is 0 Å². The van der Waals surface area contributed by atoms with Gasteiger partial charge in [0.25, 0.3) is 5.91 Å². The van der Waals surface area contributed by atoms with Crippen LogP contribution in [0.2, 0.25) is 0 Å². The van der Waals surface area contributed by atoms with Crippen molar-refractivity contribution in [3.05, 3.63) is 48.0 Å². The van der Waals surface area contributed by atoms with Crippen LogP contribution in [0.25, 0.3) is 10.8 Å². The Hall–Kier alpha value is -2.08. The number of fused-ring (bicyclic) bond motifs is 1. The van der Waals surface area contributed by atoms with Crippen LogP contribution in [0, 0.1) is 0 Å². The van der Waals surface area contributed by atoms with Crippen LogP contribution in [0.5, 0.6) is 0 Å². The van der Waals surface area contributed by atoms with Crippen molar-refractivity contribution >= 4 is 16.7 Å². The smallest absolute Gasteiger partial charge is 0.395 e. The molecular formula is C15H14F3NO2. The van der Waals surface area contributed by atoms with Crippen LogP contribution >= 0.6 is 0 Å². The van der Waals surface area contributed by atoms with E-state index in [1.165, 1.54) is 6.07 Å². The van der Waals surface area contributed by atoms with Crippen LogP contribution in [-0.4, -0.2) is 41.8 Å². The van der Waals surface area contributed by atoms with E-state index in [2.05, 4.69) is 0 Å². The third kappa shape index (κ3) is 3.95. The summed E-state index contributed by atoms with van der Waals surface area (Å²) >= 11 is 0. The quantitative estimate of drug-likeness (QED) is 0.942. The molecule has 1 amide bonds. The number of rotatable bonds is 4. The highest BCUT2D eigenvalue weighted by molar-refractivity contribution is 5.98. The average Bonchev–Trinajstić information content (AvgIpc) is 2.44. The molecule has 0 fully saturated rings. The standard InChI is InChI=1S/C15H14F3NO2/c16-15(17,18)10-19(7-8-20)14(21)13-6-5-11-3-1-2-4-12(11)9-13/h1-6,9,20H,7-8,10H2. The Balaban J connectivity index is 2.29. The molecule has 2 rings (SSSR count). The number of carbonyl (C=O) groups is 1. The highest BCUT2D eigenvalue weighted by atomic mass is 19.4. The van der Waals surface area contributed by atoms with Crippen molar-refractivity contribution in [2.24, 2.45) is 0 Å². The van der Waals surface area contributed by atoms with Crippen LogP contribution in [0.15, 0.2) is 42.5 Å². The summed E-state index contributed by atoms with van der Waals surface area (Å²) in [5.74, 6) is -0.743. The first-order valence-electron chi connectivity index (χ1n) is 6.36. The van der Waals surface area contributed by atoms with Crippen molar-refractivity contribution in [3.8, 4) is 0 Å². The Morgan fingerprint density at radius 3 is 2.38 bits per heavy atom. The Morgan fingerprint density at radius 1 is 1.10 bits per heavy atom. The average molecular weight is 297 g/mol. The van der Waals surface area contributed by atoms with Crippen LogP contribution in [0.4, 0.5) is 13.2 Å². The molecule has 1 N–H and O–H groups in total. The zero-order chi connectivity index (χ0) is 15.5. The predicted octanol–water partition coefficient (Wildman–Crippen LogP) is 2.84. The van der Waals surface area contributed by atoms with Crippen molar-refractivity contribution in [1.82, 2.24) is 4.90 Å². The number of amides is 1. The van der Waals surface area contributed by atoms with Crippen molar-refractivity contribution < 1.29 is 23.1 Å². The summed E-state index contributed by atoms with van der Waals surface area (Å²) in [5.41, 5.74) is 0.173. The summed E-state index contributed by atoms with van der Waals surface area (Å²) in [7, 11) is 0. The zero-order valence-corrected chi connectivity index (χ0v) is 11.1. The first kappa shape index (κ1) is 15.3. The number of aliphatic hydroxyl groups excluding tert-OH is 1. The second-order valence-electron chi connectivity index (χ2n) is 4.63. The second-order valence-corrected chi connectivity index (χ2v) is 4.63. The fraction of sp³-hybridized carbons (Fsp3) is 0.267. The minimum Gasteiger partial charge on any atom is -0.395 e. The van der Waals surface area contributed by atoms with Crippen molar-refractivity contribution in [3.63, 3.8) is 0 Å². The van der Waals surface area contributed by atoms with E-state index < -0.39 is 25.2 Å². The fourth-order valence-corrected chi connectivity index (χ4v) is 2.09. The lowest BCUT2D eigenvalue weighted by Crippen LogP contribution is -2.40. The van der Waals surface area contributed by atoms with E-state index in [1.54, 1.807) is 24.3 Å². The molecule has 0 aliphatic heterocycles. The largest absolute Gasteiger partial charge is 0.406 e. The molecule has 0 spiro atoms. The van der Waals surface area contributed by atoms with Gasteiger partial charge in [-0.05, 0) is 22.9 Å². The lowest BCUT2D eigenvalue weighted by atomic mass is 10.1. The predicted molar refractivity (Wildman–Crippen MR) is 73.0 cm³/mol. The molecule has 0 atom stereocenters. The normalized spacial score (nSPS) is 11.6. The SMILES string of the molecule is O=C(c1ccc2ccccc2c1)N(CCO)CC(F)(F)F. The molecule has 21 heavy (non-hydrogen) atoms. The molecule has 0 saturated heterocycles. The summed E-state index contributed by atoms with van der Waals surface area (Å²) in [6.45, 7) is -2.25. The van der Waals surface area contributed by atoms with Gasteiger partial charge in [-0.2, -0.15) is 13.2 Å². The van der Waals surface area contributed by atoms with Gasteiger partial charge in [0.2, 0.25) is 0 Å². The number of halogens is 3.